The smallest absolute Gasteiger partial charge is 0.270 e. The molecule has 1 fully saturated rings. The largest absolute Gasteiger partial charge is 0.497 e. The van der Waals surface area contributed by atoms with Crippen molar-refractivity contribution < 1.29 is 27.2 Å². The van der Waals surface area contributed by atoms with Crippen molar-refractivity contribution in [2.45, 2.75) is 13.0 Å². The zero-order valence-electron chi connectivity index (χ0n) is 17.8. The number of hydrogen-bond acceptors (Lipinski definition) is 8. The van der Waals surface area contributed by atoms with Crippen LogP contribution in [0, 0.1) is 11.3 Å². The van der Waals surface area contributed by atoms with Gasteiger partial charge < -0.3 is 9.15 Å². The monoisotopic (exact) mass is 488 g/mol. The van der Waals surface area contributed by atoms with Gasteiger partial charge in [-0.3, -0.25) is 19.8 Å². The lowest BCUT2D eigenvalue weighted by Gasteiger charge is -2.28. The van der Waals surface area contributed by atoms with Gasteiger partial charge in [-0.1, -0.05) is 6.07 Å². The van der Waals surface area contributed by atoms with Crippen LogP contribution >= 0.6 is 12.2 Å². The quantitative estimate of drug-likeness (QED) is 0.338. The molecule has 2 aromatic rings. The minimum absolute atomic E-state index is 0.0142. The third-order valence-electron chi connectivity index (χ3n) is 4.66. The van der Waals surface area contributed by atoms with Gasteiger partial charge in [-0.25, -0.2) is 8.42 Å². The number of nitrogens with one attached hydrogen (secondary N) is 1. The number of hydrogen-bond donors (Lipinski definition) is 1. The summed E-state index contributed by atoms with van der Waals surface area (Å²) in [6, 6.07) is 11.6. The first-order valence-electron chi connectivity index (χ1n) is 9.60. The lowest BCUT2D eigenvalue weighted by atomic mass is 10.1. The fourth-order valence-corrected chi connectivity index (χ4v) is 4.12. The maximum Gasteiger partial charge on any atom is 0.270 e. The average Bonchev–Trinajstić information content (AvgIpc) is 3.20. The van der Waals surface area contributed by atoms with Gasteiger partial charge in [-0.15, -0.1) is 0 Å². The molecule has 0 unspecified atom stereocenters. The third-order valence-corrected chi connectivity index (χ3v) is 6.19. The molecule has 1 aromatic heterocycles. The maximum atomic E-state index is 13.1. The number of sulfonamides is 1. The zero-order chi connectivity index (χ0) is 24.2. The second-order valence-electron chi connectivity index (χ2n) is 6.97. The van der Waals surface area contributed by atoms with Crippen LogP contribution in [0.25, 0.3) is 6.08 Å². The number of carbonyl (C=O) groups excluding carboxylic acids is 2. The summed E-state index contributed by atoms with van der Waals surface area (Å²) < 4.78 is 35.8. The number of anilines is 1. The van der Waals surface area contributed by atoms with Crippen LogP contribution in [-0.4, -0.2) is 49.6 Å². The zero-order valence-corrected chi connectivity index (χ0v) is 19.4. The van der Waals surface area contributed by atoms with Gasteiger partial charge in [0.15, 0.2) is 5.11 Å². The first-order chi connectivity index (χ1) is 15.6. The van der Waals surface area contributed by atoms with E-state index in [9.17, 15) is 18.0 Å². The van der Waals surface area contributed by atoms with Gasteiger partial charge >= 0.3 is 0 Å². The van der Waals surface area contributed by atoms with E-state index < -0.39 is 21.8 Å². The van der Waals surface area contributed by atoms with Crippen molar-refractivity contribution in [1.82, 2.24) is 9.62 Å². The Morgan fingerprint density at radius 1 is 1.30 bits per heavy atom. The molecular formula is C21H20N4O6S2. The van der Waals surface area contributed by atoms with Gasteiger partial charge in [0, 0.05) is 19.0 Å². The first-order valence-corrected chi connectivity index (χ1v) is 11.9. The number of benzene rings is 1. The fourth-order valence-electron chi connectivity index (χ4n) is 3.05. The second kappa shape index (κ2) is 9.95. The number of nitrogens with zero attached hydrogens (tertiary/aromatic N) is 3. The average molecular weight is 489 g/mol. The van der Waals surface area contributed by atoms with Crippen LogP contribution in [-0.2, 0) is 26.2 Å². The Bertz CT molecular complexity index is 1280. The van der Waals surface area contributed by atoms with E-state index in [1.54, 1.807) is 24.3 Å². The molecule has 0 spiro atoms. The van der Waals surface area contributed by atoms with Crippen molar-refractivity contribution in [3.05, 3.63) is 53.5 Å². The lowest BCUT2D eigenvalue weighted by Crippen LogP contribution is -2.54. The van der Waals surface area contributed by atoms with Gasteiger partial charge in [-0.05, 0) is 42.6 Å². The predicted molar refractivity (Wildman–Crippen MR) is 123 cm³/mol. The molecule has 2 heterocycles. The molecule has 3 rings (SSSR count). The lowest BCUT2D eigenvalue weighted by molar-refractivity contribution is -0.122. The minimum atomic E-state index is -3.56. The number of ether oxygens (including phenoxy) is 1. The molecular weight excluding hydrogens is 468 g/mol. The molecule has 1 N–H and O–H groups in total. The maximum absolute atomic E-state index is 13.1. The van der Waals surface area contributed by atoms with Gasteiger partial charge in [0.2, 0.25) is 10.0 Å². The Labute approximate surface area is 196 Å². The standard InChI is InChI=1S/C21H20N4O6S2/c1-30-15-6-3-5-14(11-15)25-20(27)18(19(26)23-21(25)32)12-16-7-8-17(31-16)13-24(10-4-9-22)33(2,28)29/h3,5-8,11-12H,4,10,13H2,1-2H3,(H,23,26,32)/b18-12-. The normalized spacial score (nSPS) is 15.6. The van der Waals surface area contributed by atoms with Crippen molar-refractivity contribution in [2.24, 2.45) is 0 Å². The van der Waals surface area contributed by atoms with Crippen LogP contribution in [0.15, 0.2) is 46.4 Å². The van der Waals surface area contributed by atoms with Crippen LogP contribution in [0.2, 0.25) is 0 Å². The molecule has 0 atom stereocenters. The first kappa shape index (κ1) is 24.1. The summed E-state index contributed by atoms with van der Waals surface area (Å²) in [6.07, 6.45) is 2.33. The van der Waals surface area contributed by atoms with Crippen LogP contribution in [0.5, 0.6) is 5.75 Å². The second-order valence-corrected chi connectivity index (χ2v) is 9.34. The highest BCUT2D eigenvalue weighted by Gasteiger charge is 2.35. The van der Waals surface area contributed by atoms with Crippen LogP contribution in [0.3, 0.4) is 0 Å². The summed E-state index contributed by atoms with van der Waals surface area (Å²) in [5, 5.41) is 11.1. The van der Waals surface area contributed by atoms with E-state index in [4.69, 9.17) is 26.6 Å². The molecule has 10 nitrogen and oxygen atoms in total. The van der Waals surface area contributed by atoms with Crippen molar-refractivity contribution in [2.75, 3.05) is 24.8 Å². The third kappa shape index (κ3) is 5.64. The summed E-state index contributed by atoms with van der Waals surface area (Å²) in [5.74, 6) is -0.367. The van der Waals surface area contributed by atoms with Crippen LogP contribution in [0.4, 0.5) is 5.69 Å². The topological polar surface area (TPSA) is 133 Å². The summed E-state index contributed by atoms with van der Waals surface area (Å²) in [7, 11) is -2.07. The SMILES string of the molecule is COc1cccc(N2C(=O)/C(=C\c3ccc(CN(CCC#N)S(C)(=O)=O)o3)C(=O)NC2=S)c1. The molecule has 33 heavy (non-hydrogen) atoms. The Balaban J connectivity index is 1.87. The van der Waals surface area contributed by atoms with Gasteiger partial charge in [0.25, 0.3) is 11.8 Å². The number of methoxy groups -OCH3 is 1. The molecule has 0 aliphatic carbocycles. The van der Waals surface area contributed by atoms with Crippen molar-refractivity contribution in [3.63, 3.8) is 0 Å². The van der Waals surface area contributed by atoms with E-state index in [2.05, 4.69) is 5.32 Å². The molecule has 1 saturated heterocycles. The van der Waals surface area contributed by atoms with E-state index in [1.807, 2.05) is 6.07 Å². The number of carbonyl (C=O) groups is 2. The summed E-state index contributed by atoms with van der Waals surface area (Å²) in [5.41, 5.74) is 0.202. The Hall–Kier alpha value is -3.53. The van der Waals surface area contributed by atoms with E-state index in [1.165, 1.54) is 30.2 Å². The van der Waals surface area contributed by atoms with Gasteiger partial charge in [-0.2, -0.15) is 9.57 Å². The van der Waals surface area contributed by atoms with E-state index in [0.717, 1.165) is 10.6 Å². The highest BCUT2D eigenvalue weighted by Crippen LogP contribution is 2.26. The Kier molecular flexibility index (Phi) is 7.27. The Morgan fingerprint density at radius 2 is 2.06 bits per heavy atom. The predicted octanol–water partition coefficient (Wildman–Crippen LogP) is 1.79. The molecule has 2 amide bonds. The van der Waals surface area contributed by atoms with Crippen molar-refractivity contribution in [3.8, 4) is 11.8 Å². The molecule has 0 saturated carbocycles. The summed E-state index contributed by atoms with van der Waals surface area (Å²) >= 11 is 5.18. The number of rotatable bonds is 8. The molecule has 1 aliphatic rings. The molecule has 0 radical (unpaired) electrons. The Morgan fingerprint density at radius 3 is 2.73 bits per heavy atom. The van der Waals surface area contributed by atoms with Crippen molar-refractivity contribution in [1.29, 1.82) is 5.26 Å². The fraction of sp³-hybridized carbons (Fsp3) is 0.238. The van der Waals surface area contributed by atoms with E-state index in [-0.39, 0.29) is 41.7 Å². The summed E-state index contributed by atoms with van der Waals surface area (Å²) in [6.45, 7) is -0.0792. The number of thiocarbonyl (C=S) groups is 1. The highest BCUT2D eigenvalue weighted by molar-refractivity contribution is 7.88. The van der Waals surface area contributed by atoms with Gasteiger partial charge in [0.05, 0.1) is 31.7 Å². The summed E-state index contributed by atoms with van der Waals surface area (Å²) in [4.78, 5) is 26.7. The van der Waals surface area contributed by atoms with E-state index >= 15 is 0 Å². The number of furan rings is 1. The van der Waals surface area contributed by atoms with Crippen LogP contribution < -0.4 is 15.0 Å². The number of nitriles is 1. The highest BCUT2D eigenvalue weighted by atomic mass is 32.2. The van der Waals surface area contributed by atoms with Crippen LogP contribution in [0.1, 0.15) is 17.9 Å². The molecule has 172 valence electrons. The number of amides is 2. The molecule has 1 aromatic carbocycles. The molecule has 0 bridgehead atoms. The molecule has 1 aliphatic heterocycles. The van der Waals surface area contributed by atoms with Gasteiger partial charge in [0.1, 0.15) is 22.8 Å². The minimum Gasteiger partial charge on any atom is -0.497 e. The van der Waals surface area contributed by atoms with E-state index in [0.29, 0.717) is 11.4 Å². The molecule has 12 heteroatoms. The van der Waals surface area contributed by atoms with Crippen molar-refractivity contribution >= 4 is 50.9 Å².